The molecule has 1 heterocycles. The highest BCUT2D eigenvalue weighted by atomic mass is 16.3. The molecule has 0 aliphatic rings. The molecule has 0 saturated carbocycles. The molecule has 0 saturated heterocycles. The maximum atomic E-state index is 11.1. The Hall–Kier alpha value is -1.62. The first-order valence-electron chi connectivity index (χ1n) is 3.83. The maximum absolute atomic E-state index is 11.1. The standard InChI is InChI=1S/C8H11N3O2/c1-9-4-2-3-6-7(12)10-5-11-8(6)13/h2-3,5,9H,4H2,1H3,(H2,10,11,12,13). The zero-order valence-electron chi connectivity index (χ0n) is 7.24. The molecule has 0 aromatic carbocycles. The average molecular weight is 181 g/mol. The van der Waals surface area contributed by atoms with Crippen molar-refractivity contribution in [1.82, 2.24) is 15.3 Å². The molecule has 0 aliphatic carbocycles. The van der Waals surface area contributed by atoms with Gasteiger partial charge in [-0.05, 0) is 13.1 Å². The minimum absolute atomic E-state index is 0.178. The summed E-state index contributed by atoms with van der Waals surface area (Å²) in [5.41, 5.74) is -0.169. The number of H-pyrrole nitrogens is 1. The minimum Gasteiger partial charge on any atom is -0.493 e. The van der Waals surface area contributed by atoms with E-state index < -0.39 is 0 Å². The third kappa shape index (κ3) is 2.41. The molecule has 13 heavy (non-hydrogen) atoms. The lowest BCUT2D eigenvalue weighted by molar-refractivity contribution is 0.449. The molecule has 0 atom stereocenters. The quantitative estimate of drug-likeness (QED) is 0.598. The largest absolute Gasteiger partial charge is 0.493 e. The summed E-state index contributed by atoms with van der Waals surface area (Å²) in [7, 11) is 1.79. The van der Waals surface area contributed by atoms with E-state index in [-0.39, 0.29) is 17.0 Å². The van der Waals surface area contributed by atoms with Crippen molar-refractivity contribution in [2.75, 3.05) is 13.6 Å². The molecule has 0 radical (unpaired) electrons. The van der Waals surface area contributed by atoms with Crippen molar-refractivity contribution in [3.05, 3.63) is 28.3 Å². The van der Waals surface area contributed by atoms with Gasteiger partial charge in [0, 0.05) is 6.54 Å². The van der Waals surface area contributed by atoms with Gasteiger partial charge in [-0.25, -0.2) is 4.98 Å². The van der Waals surface area contributed by atoms with Crippen molar-refractivity contribution in [2.24, 2.45) is 0 Å². The molecule has 1 rings (SSSR count). The fourth-order valence-electron chi connectivity index (χ4n) is 0.846. The average Bonchev–Trinajstić information content (AvgIpc) is 2.10. The Morgan fingerprint density at radius 2 is 2.54 bits per heavy atom. The number of aromatic hydroxyl groups is 1. The number of aromatic amines is 1. The van der Waals surface area contributed by atoms with E-state index in [1.165, 1.54) is 6.08 Å². The van der Waals surface area contributed by atoms with Crippen LogP contribution in [0.1, 0.15) is 5.56 Å². The van der Waals surface area contributed by atoms with Crippen molar-refractivity contribution >= 4 is 6.08 Å². The Morgan fingerprint density at radius 3 is 3.15 bits per heavy atom. The van der Waals surface area contributed by atoms with E-state index in [1.54, 1.807) is 13.1 Å². The van der Waals surface area contributed by atoms with E-state index in [4.69, 9.17) is 0 Å². The van der Waals surface area contributed by atoms with Gasteiger partial charge in [0.15, 0.2) is 0 Å². The summed E-state index contributed by atoms with van der Waals surface area (Å²) >= 11 is 0. The van der Waals surface area contributed by atoms with Crippen molar-refractivity contribution in [3.8, 4) is 5.88 Å². The second-order valence-electron chi connectivity index (χ2n) is 2.43. The second-order valence-corrected chi connectivity index (χ2v) is 2.43. The maximum Gasteiger partial charge on any atom is 0.261 e. The number of aromatic nitrogens is 2. The second kappa shape index (κ2) is 4.42. The summed E-state index contributed by atoms with van der Waals surface area (Å²) in [6, 6.07) is 0. The molecule has 0 bridgehead atoms. The normalized spacial score (nSPS) is 10.8. The van der Waals surface area contributed by atoms with Crippen molar-refractivity contribution in [1.29, 1.82) is 0 Å². The summed E-state index contributed by atoms with van der Waals surface area (Å²) in [4.78, 5) is 17.0. The number of hydrogen-bond donors (Lipinski definition) is 3. The molecule has 5 nitrogen and oxygen atoms in total. The Morgan fingerprint density at radius 1 is 1.77 bits per heavy atom. The Kier molecular flexibility index (Phi) is 3.22. The lowest BCUT2D eigenvalue weighted by atomic mass is 10.3. The zero-order chi connectivity index (χ0) is 9.68. The number of nitrogens with zero attached hydrogens (tertiary/aromatic N) is 1. The third-order valence-corrected chi connectivity index (χ3v) is 1.47. The minimum atomic E-state index is -0.347. The van der Waals surface area contributed by atoms with Crippen molar-refractivity contribution < 1.29 is 5.11 Å². The van der Waals surface area contributed by atoms with Gasteiger partial charge in [-0.3, -0.25) is 4.79 Å². The van der Waals surface area contributed by atoms with E-state index in [0.29, 0.717) is 6.54 Å². The summed E-state index contributed by atoms with van der Waals surface area (Å²) in [6.07, 6.45) is 4.41. The first kappa shape index (κ1) is 9.47. The lowest BCUT2D eigenvalue weighted by Crippen LogP contribution is -2.10. The number of rotatable bonds is 3. The molecule has 3 N–H and O–H groups in total. The van der Waals surface area contributed by atoms with Gasteiger partial charge in [-0.2, -0.15) is 0 Å². The monoisotopic (exact) mass is 181 g/mol. The van der Waals surface area contributed by atoms with Gasteiger partial charge in [0.25, 0.3) is 5.56 Å². The Bertz CT molecular complexity index is 357. The SMILES string of the molecule is CNCC=Cc1c(O)nc[nH]c1=O. The van der Waals surface area contributed by atoms with Crippen LogP contribution >= 0.6 is 0 Å². The van der Waals surface area contributed by atoms with Gasteiger partial charge in [0.2, 0.25) is 5.88 Å². The smallest absolute Gasteiger partial charge is 0.261 e. The summed E-state index contributed by atoms with van der Waals surface area (Å²) < 4.78 is 0. The van der Waals surface area contributed by atoms with Crippen LogP contribution < -0.4 is 10.9 Å². The molecular weight excluding hydrogens is 170 g/mol. The van der Waals surface area contributed by atoms with E-state index in [9.17, 15) is 9.90 Å². The summed E-state index contributed by atoms with van der Waals surface area (Å²) in [5.74, 6) is -0.254. The van der Waals surface area contributed by atoms with Crippen LogP contribution in [0.2, 0.25) is 0 Å². The fraction of sp³-hybridized carbons (Fsp3) is 0.250. The summed E-state index contributed by atoms with van der Waals surface area (Å²) in [6.45, 7) is 0.633. The molecule has 0 aliphatic heterocycles. The fourth-order valence-corrected chi connectivity index (χ4v) is 0.846. The molecule has 0 spiro atoms. The van der Waals surface area contributed by atoms with Crippen LogP contribution in [-0.2, 0) is 0 Å². The molecular formula is C8H11N3O2. The molecule has 5 heteroatoms. The predicted molar refractivity (Wildman–Crippen MR) is 49.5 cm³/mol. The molecule has 1 aromatic heterocycles. The topological polar surface area (TPSA) is 78.0 Å². The highest BCUT2D eigenvalue weighted by Crippen LogP contribution is 2.07. The van der Waals surface area contributed by atoms with Gasteiger partial charge in [0.05, 0.1) is 6.33 Å². The highest BCUT2D eigenvalue weighted by molar-refractivity contribution is 5.52. The van der Waals surface area contributed by atoms with Crippen LogP contribution in [-0.4, -0.2) is 28.7 Å². The van der Waals surface area contributed by atoms with Gasteiger partial charge >= 0.3 is 0 Å². The van der Waals surface area contributed by atoms with Crippen LogP contribution in [0.25, 0.3) is 6.08 Å². The van der Waals surface area contributed by atoms with Crippen LogP contribution in [0.5, 0.6) is 5.88 Å². The van der Waals surface area contributed by atoms with Crippen LogP contribution in [0.15, 0.2) is 17.2 Å². The highest BCUT2D eigenvalue weighted by Gasteiger charge is 2.01. The molecule has 0 unspecified atom stereocenters. The van der Waals surface area contributed by atoms with Crippen molar-refractivity contribution in [3.63, 3.8) is 0 Å². The van der Waals surface area contributed by atoms with Crippen LogP contribution in [0.4, 0.5) is 0 Å². The van der Waals surface area contributed by atoms with Crippen molar-refractivity contribution in [2.45, 2.75) is 0 Å². The Labute approximate surface area is 75.1 Å². The molecule has 0 fully saturated rings. The van der Waals surface area contributed by atoms with Gasteiger partial charge in [0.1, 0.15) is 5.56 Å². The molecule has 1 aromatic rings. The summed E-state index contributed by atoms with van der Waals surface area (Å²) in [5, 5.41) is 12.1. The number of nitrogens with one attached hydrogen (secondary N) is 2. The lowest BCUT2D eigenvalue weighted by Gasteiger charge is -1.94. The van der Waals surface area contributed by atoms with Gasteiger partial charge in [-0.15, -0.1) is 0 Å². The predicted octanol–water partition coefficient (Wildman–Crippen LogP) is -0.292. The number of likely N-dealkylation sites (N-methyl/N-ethyl adjacent to an activating group) is 1. The third-order valence-electron chi connectivity index (χ3n) is 1.47. The van der Waals surface area contributed by atoms with Crippen LogP contribution in [0.3, 0.4) is 0 Å². The van der Waals surface area contributed by atoms with E-state index >= 15 is 0 Å². The zero-order valence-corrected chi connectivity index (χ0v) is 7.24. The first-order valence-corrected chi connectivity index (χ1v) is 3.83. The van der Waals surface area contributed by atoms with Gasteiger partial charge < -0.3 is 15.4 Å². The van der Waals surface area contributed by atoms with E-state index in [1.807, 2.05) is 0 Å². The Balaban J connectivity index is 2.94. The van der Waals surface area contributed by atoms with Gasteiger partial charge in [-0.1, -0.05) is 6.08 Å². The molecule has 0 amide bonds. The number of hydrogen-bond acceptors (Lipinski definition) is 4. The van der Waals surface area contributed by atoms with E-state index in [0.717, 1.165) is 6.33 Å². The molecule has 70 valence electrons. The van der Waals surface area contributed by atoms with Crippen LogP contribution in [0, 0.1) is 0 Å². The van der Waals surface area contributed by atoms with E-state index in [2.05, 4.69) is 15.3 Å². The first-order chi connectivity index (χ1) is 6.25.